The third-order valence-corrected chi connectivity index (χ3v) is 8.76. The van der Waals surface area contributed by atoms with E-state index in [2.05, 4.69) is 10.6 Å². The van der Waals surface area contributed by atoms with Gasteiger partial charge in [0.25, 0.3) is 0 Å². The Morgan fingerprint density at radius 2 is 1.75 bits per heavy atom. The predicted octanol–water partition coefficient (Wildman–Crippen LogP) is 2.16. The maximum Gasteiger partial charge on any atom is 0.410 e. The number of benzene rings is 1. The van der Waals surface area contributed by atoms with Gasteiger partial charge in [-0.1, -0.05) is 38.1 Å². The zero-order valence-electron chi connectivity index (χ0n) is 24.4. The highest BCUT2D eigenvalue weighted by Crippen LogP contribution is 2.30. The molecule has 3 rings (SSSR count). The molecule has 1 aromatic rings. The summed E-state index contributed by atoms with van der Waals surface area (Å²) in [4.78, 5) is 54.8. The molecule has 1 aromatic carbocycles. The van der Waals surface area contributed by atoms with Crippen molar-refractivity contribution in [1.82, 2.24) is 20.4 Å². The molecule has 0 spiro atoms. The lowest BCUT2D eigenvalue weighted by Gasteiger charge is -2.33. The van der Waals surface area contributed by atoms with E-state index in [0.717, 1.165) is 33.8 Å². The van der Waals surface area contributed by atoms with E-state index in [0.29, 0.717) is 6.42 Å². The number of amides is 4. The molecule has 12 heteroatoms. The summed E-state index contributed by atoms with van der Waals surface area (Å²) in [5.41, 5.74) is 1.38. The molecule has 0 aromatic heterocycles. The maximum atomic E-state index is 13.7. The number of fused-ring (bicyclic) bond motifs is 1. The highest BCUT2D eigenvalue weighted by atomic mass is 32.2. The van der Waals surface area contributed by atoms with Crippen LogP contribution in [0.4, 0.5) is 4.79 Å². The molecule has 4 amide bonds. The molecule has 2 N–H and O–H groups in total. The van der Waals surface area contributed by atoms with E-state index in [4.69, 9.17) is 4.74 Å². The van der Waals surface area contributed by atoms with E-state index in [1.165, 1.54) is 14.0 Å². The molecule has 1 fully saturated rings. The van der Waals surface area contributed by atoms with Gasteiger partial charge in [-0.2, -0.15) is 0 Å². The van der Waals surface area contributed by atoms with Crippen molar-refractivity contribution >= 4 is 33.7 Å². The minimum Gasteiger partial charge on any atom is -0.444 e. The minimum absolute atomic E-state index is 0.275. The van der Waals surface area contributed by atoms with E-state index in [-0.39, 0.29) is 6.04 Å². The Labute approximate surface area is 236 Å². The number of sulfone groups is 1. The van der Waals surface area contributed by atoms with Gasteiger partial charge in [0.15, 0.2) is 9.84 Å². The van der Waals surface area contributed by atoms with Gasteiger partial charge in [-0.3, -0.25) is 19.3 Å². The zero-order valence-corrected chi connectivity index (χ0v) is 25.2. The highest BCUT2D eigenvalue weighted by molar-refractivity contribution is 7.91. The molecule has 2 aliphatic rings. The molecule has 1 aliphatic carbocycles. The van der Waals surface area contributed by atoms with Crippen LogP contribution in [-0.4, -0.2) is 84.4 Å². The van der Waals surface area contributed by atoms with Crippen molar-refractivity contribution in [3.05, 3.63) is 35.4 Å². The van der Waals surface area contributed by atoms with Crippen LogP contribution in [0.3, 0.4) is 0 Å². The van der Waals surface area contributed by atoms with Gasteiger partial charge < -0.3 is 20.3 Å². The second-order valence-electron chi connectivity index (χ2n) is 12.0. The number of carbonyl (C=O) groups excluding carboxylic acids is 4. The van der Waals surface area contributed by atoms with E-state index < -0.39 is 74.9 Å². The Bertz CT molecular complexity index is 1240. The summed E-state index contributed by atoms with van der Waals surface area (Å²) in [7, 11) is -2.30. The number of nitrogens with zero attached hydrogens (tertiary/aromatic N) is 2. The van der Waals surface area contributed by atoms with Gasteiger partial charge >= 0.3 is 6.09 Å². The minimum atomic E-state index is -3.72. The third-order valence-electron chi connectivity index (χ3n) is 7.27. The largest absolute Gasteiger partial charge is 0.444 e. The predicted molar refractivity (Wildman–Crippen MR) is 150 cm³/mol. The van der Waals surface area contributed by atoms with Crippen molar-refractivity contribution in [2.24, 2.45) is 5.92 Å². The number of aryl methyl sites for hydroxylation is 1. The first-order chi connectivity index (χ1) is 18.5. The molecule has 222 valence electrons. The molecule has 1 heterocycles. The number of carbonyl (C=O) groups is 4. The summed E-state index contributed by atoms with van der Waals surface area (Å²) in [6.07, 6.45) is 1.80. The Balaban J connectivity index is 1.76. The fourth-order valence-corrected chi connectivity index (χ4v) is 6.57. The van der Waals surface area contributed by atoms with Crippen LogP contribution in [0.2, 0.25) is 0 Å². The van der Waals surface area contributed by atoms with Crippen LogP contribution in [0.15, 0.2) is 24.3 Å². The standard InChI is InChI=1S/C28H42N4O7S/c1-17(2)23(30-24(33)18(3)31(7)27(36)39-28(4,5)6)26(35)32-16-40(37,38)15-22(32)25(34)29-21-14-10-12-19-11-8-9-13-20(19)21/h8-9,11,13,17-18,21-23H,10,12,14-16H2,1-7H3,(H,29,34)(H,30,33)/t18-,21+,22-,23-/m0/s1. The summed E-state index contributed by atoms with van der Waals surface area (Å²) in [6, 6.07) is 4.23. The molecule has 0 bridgehead atoms. The molecular weight excluding hydrogens is 536 g/mol. The summed E-state index contributed by atoms with van der Waals surface area (Å²) < 4.78 is 30.6. The number of likely N-dealkylation sites (N-methyl/N-ethyl adjacent to an activating group) is 1. The molecule has 4 atom stereocenters. The maximum absolute atomic E-state index is 13.7. The van der Waals surface area contributed by atoms with Crippen molar-refractivity contribution in [2.75, 3.05) is 18.7 Å². The number of hydrogen-bond donors (Lipinski definition) is 2. The second kappa shape index (κ2) is 12.2. The first-order valence-corrected chi connectivity index (χ1v) is 15.5. The molecule has 0 saturated carbocycles. The Morgan fingerprint density at radius 1 is 1.10 bits per heavy atom. The van der Waals surface area contributed by atoms with Gasteiger partial charge in [-0.05, 0) is 64.0 Å². The van der Waals surface area contributed by atoms with Crippen LogP contribution in [0.25, 0.3) is 0 Å². The van der Waals surface area contributed by atoms with E-state index in [1.54, 1.807) is 34.6 Å². The molecule has 1 aliphatic heterocycles. The monoisotopic (exact) mass is 578 g/mol. The lowest BCUT2D eigenvalue weighted by molar-refractivity contribution is -0.142. The molecule has 40 heavy (non-hydrogen) atoms. The van der Waals surface area contributed by atoms with Crippen LogP contribution in [0, 0.1) is 5.92 Å². The first-order valence-electron chi connectivity index (χ1n) is 13.7. The summed E-state index contributed by atoms with van der Waals surface area (Å²) in [5.74, 6) is -3.34. The Hall–Kier alpha value is -3.15. The topological polar surface area (TPSA) is 142 Å². The zero-order chi connectivity index (χ0) is 30.0. The number of rotatable bonds is 7. The number of ether oxygens (including phenoxy) is 1. The van der Waals surface area contributed by atoms with Crippen LogP contribution < -0.4 is 10.6 Å². The molecule has 0 unspecified atom stereocenters. The van der Waals surface area contributed by atoms with Crippen molar-refractivity contribution in [1.29, 1.82) is 0 Å². The van der Waals surface area contributed by atoms with Crippen LogP contribution in [0.5, 0.6) is 0 Å². The van der Waals surface area contributed by atoms with E-state index >= 15 is 0 Å². The molecular formula is C28H42N4O7S. The van der Waals surface area contributed by atoms with Gasteiger partial charge in [0.2, 0.25) is 17.7 Å². The normalized spacial score (nSPS) is 21.6. The van der Waals surface area contributed by atoms with Gasteiger partial charge in [0.05, 0.1) is 11.8 Å². The van der Waals surface area contributed by atoms with Crippen molar-refractivity contribution in [3.63, 3.8) is 0 Å². The van der Waals surface area contributed by atoms with Gasteiger partial charge in [-0.15, -0.1) is 0 Å². The number of nitrogens with one attached hydrogen (secondary N) is 2. The van der Waals surface area contributed by atoms with Crippen LogP contribution >= 0.6 is 0 Å². The lowest BCUT2D eigenvalue weighted by Crippen LogP contribution is -2.58. The van der Waals surface area contributed by atoms with Crippen LogP contribution in [0.1, 0.15) is 71.6 Å². The molecule has 1 saturated heterocycles. The quantitative estimate of drug-likeness (QED) is 0.505. The second-order valence-corrected chi connectivity index (χ2v) is 14.1. The highest BCUT2D eigenvalue weighted by Gasteiger charge is 2.46. The molecule has 0 radical (unpaired) electrons. The molecule has 11 nitrogen and oxygen atoms in total. The number of hydrogen-bond acceptors (Lipinski definition) is 7. The van der Waals surface area contributed by atoms with Gasteiger partial charge in [0, 0.05) is 7.05 Å². The third kappa shape index (κ3) is 7.52. The van der Waals surface area contributed by atoms with Crippen molar-refractivity contribution in [3.8, 4) is 0 Å². The van der Waals surface area contributed by atoms with Gasteiger partial charge in [0.1, 0.15) is 29.6 Å². The van der Waals surface area contributed by atoms with E-state index in [1.807, 2.05) is 24.3 Å². The van der Waals surface area contributed by atoms with E-state index in [9.17, 15) is 27.6 Å². The Kier molecular flexibility index (Phi) is 9.54. The fourth-order valence-electron chi connectivity index (χ4n) is 4.93. The van der Waals surface area contributed by atoms with Crippen LogP contribution in [-0.2, 0) is 35.4 Å². The summed E-state index contributed by atoms with van der Waals surface area (Å²) in [5, 5.41) is 5.64. The Morgan fingerprint density at radius 3 is 2.38 bits per heavy atom. The average Bonchev–Trinajstić information content (AvgIpc) is 3.20. The SMILES string of the molecule is CC(C)[C@H](NC(=O)[C@H](C)N(C)C(=O)OC(C)(C)C)C(=O)N1CS(=O)(=O)C[C@H]1C(=O)N[C@@H]1CCCc2ccccc21. The summed E-state index contributed by atoms with van der Waals surface area (Å²) >= 11 is 0. The fraction of sp³-hybridized carbons (Fsp3) is 0.643. The summed E-state index contributed by atoms with van der Waals surface area (Å²) in [6.45, 7) is 10.1. The average molecular weight is 579 g/mol. The first kappa shape index (κ1) is 31.4. The lowest BCUT2D eigenvalue weighted by atomic mass is 9.87. The van der Waals surface area contributed by atoms with Gasteiger partial charge in [-0.25, -0.2) is 13.2 Å². The van der Waals surface area contributed by atoms with Crippen molar-refractivity contribution < 1.29 is 32.3 Å². The van der Waals surface area contributed by atoms with Crippen molar-refractivity contribution in [2.45, 2.75) is 90.6 Å². The smallest absolute Gasteiger partial charge is 0.410 e.